The van der Waals surface area contributed by atoms with Gasteiger partial charge >= 0.3 is 0 Å². The number of aromatic hydroxyl groups is 1. The Labute approximate surface area is 140 Å². The van der Waals surface area contributed by atoms with Gasteiger partial charge in [-0.05, 0) is 24.1 Å². The van der Waals surface area contributed by atoms with Crippen LogP contribution in [0.3, 0.4) is 0 Å². The van der Waals surface area contributed by atoms with E-state index in [1.165, 1.54) is 0 Å². The highest BCUT2D eigenvalue weighted by Gasteiger charge is 2.33. The normalized spacial score (nSPS) is 13.3. The van der Waals surface area contributed by atoms with Crippen molar-refractivity contribution in [1.29, 1.82) is 0 Å². The van der Waals surface area contributed by atoms with Crippen LogP contribution < -0.4 is 0 Å². The van der Waals surface area contributed by atoms with Gasteiger partial charge < -0.3 is 5.11 Å². The van der Waals surface area contributed by atoms with E-state index in [0.717, 1.165) is 22.3 Å². The van der Waals surface area contributed by atoms with Gasteiger partial charge in [-0.2, -0.15) is 0 Å². The monoisotopic (exact) mass is 312 g/mol. The van der Waals surface area contributed by atoms with Crippen LogP contribution in [0.1, 0.15) is 32.6 Å². The van der Waals surface area contributed by atoms with E-state index in [1.807, 2.05) is 61.5 Å². The molecule has 2 heteroatoms. The molecule has 3 aromatic rings. The predicted octanol–water partition coefficient (Wildman–Crippen LogP) is 4.86. The Hall–Kier alpha value is -3.13. The number of benzene rings is 3. The standard InChI is InChI=1S/C22H16O2/c1-14-10-12-16(13-11-14)20-19(15-6-3-2-4-7-15)21-17(22(20)24)8-5-9-18(21)23/h2-13,23H,1H3. The van der Waals surface area contributed by atoms with Crippen molar-refractivity contribution in [2.45, 2.75) is 6.92 Å². The van der Waals surface area contributed by atoms with Crippen LogP contribution in [-0.4, -0.2) is 10.9 Å². The van der Waals surface area contributed by atoms with E-state index in [9.17, 15) is 9.90 Å². The Morgan fingerprint density at radius 1 is 0.708 bits per heavy atom. The summed E-state index contributed by atoms with van der Waals surface area (Å²) in [6.45, 7) is 2.02. The molecule has 0 atom stereocenters. The zero-order valence-corrected chi connectivity index (χ0v) is 13.3. The molecule has 0 aromatic heterocycles. The maximum absolute atomic E-state index is 13.0. The van der Waals surface area contributed by atoms with Gasteiger partial charge in [0.05, 0.1) is 0 Å². The molecule has 2 nitrogen and oxygen atoms in total. The van der Waals surface area contributed by atoms with Gasteiger partial charge in [0, 0.05) is 22.3 Å². The van der Waals surface area contributed by atoms with Crippen molar-refractivity contribution in [2.75, 3.05) is 0 Å². The fourth-order valence-corrected chi connectivity index (χ4v) is 3.25. The first-order chi connectivity index (χ1) is 11.7. The third kappa shape index (κ3) is 2.16. The molecule has 0 bridgehead atoms. The number of allylic oxidation sites excluding steroid dienone is 1. The Kier molecular flexibility index (Phi) is 3.31. The van der Waals surface area contributed by atoms with Crippen LogP contribution in [0, 0.1) is 6.92 Å². The Balaban J connectivity index is 2.06. The van der Waals surface area contributed by atoms with Crippen molar-refractivity contribution in [3.8, 4) is 5.75 Å². The smallest absolute Gasteiger partial charge is 0.195 e. The number of Topliss-reactive ketones (excluding diaryl/α,β-unsaturated/α-hetero) is 1. The summed E-state index contributed by atoms with van der Waals surface area (Å²) >= 11 is 0. The maximum atomic E-state index is 13.0. The summed E-state index contributed by atoms with van der Waals surface area (Å²) in [5.41, 5.74) is 5.59. The molecule has 1 aliphatic carbocycles. The molecule has 0 fully saturated rings. The molecule has 0 saturated carbocycles. The van der Waals surface area contributed by atoms with Crippen molar-refractivity contribution >= 4 is 16.9 Å². The molecule has 0 saturated heterocycles. The van der Waals surface area contributed by atoms with Crippen molar-refractivity contribution in [3.63, 3.8) is 0 Å². The molecular formula is C22H16O2. The summed E-state index contributed by atoms with van der Waals surface area (Å²) in [4.78, 5) is 13.0. The van der Waals surface area contributed by atoms with E-state index >= 15 is 0 Å². The van der Waals surface area contributed by atoms with Gasteiger partial charge in [-0.3, -0.25) is 4.79 Å². The minimum Gasteiger partial charge on any atom is -0.507 e. The largest absolute Gasteiger partial charge is 0.507 e. The first kappa shape index (κ1) is 14.5. The molecule has 0 spiro atoms. The van der Waals surface area contributed by atoms with E-state index in [0.29, 0.717) is 16.7 Å². The topological polar surface area (TPSA) is 37.3 Å². The number of hydrogen-bond acceptors (Lipinski definition) is 2. The molecule has 0 amide bonds. The highest BCUT2D eigenvalue weighted by atomic mass is 16.3. The summed E-state index contributed by atoms with van der Waals surface area (Å²) in [6.07, 6.45) is 0. The number of aryl methyl sites for hydroxylation is 1. The summed E-state index contributed by atoms with van der Waals surface area (Å²) < 4.78 is 0. The van der Waals surface area contributed by atoms with Crippen LogP contribution in [0.15, 0.2) is 72.8 Å². The first-order valence-electron chi connectivity index (χ1n) is 7.90. The van der Waals surface area contributed by atoms with Gasteiger partial charge in [0.15, 0.2) is 5.78 Å². The van der Waals surface area contributed by atoms with Crippen LogP contribution in [-0.2, 0) is 0 Å². The van der Waals surface area contributed by atoms with Gasteiger partial charge in [0.2, 0.25) is 0 Å². The lowest BCUT2D eigenvalue weighted by atomic mass is 9.93. The molecule has 1 aliphatic rings. The molecule has 116 valence electrons. The Morgan fingerprint density at radius 2 is 1.38 bits per heavy atom. The number of fused-ring (bicyclic) bond motifs is 1. The lowest BCUT2D eigenvalue weighted by Gasteiger charge is -2.10. The van der Waals surface area contributed by atoms with E-state index in [4.69, 9.17) is 0 Å². The third-order valence-corrected chi connectivity index (χ3v) is 4.42. The van der Waals surface area contributed by atoms with Gasteiger partial charge in [0.25, 0.3) is 0 Å². The quantitative estimate of drug-likeness (QED) is 0.734. The second-order valence-corrected chi connectivity index (χ2v) is 6.01. The Morgan fingerprint density at radius 3 is 2.08 bits per heavy atom. The fourth-order valence-electron chi connectivity index (χ4n) is 3.25. The summed E-state index contributed by atoms with van der Waals surface area (Å²) in [7, 11) is 0. The zero-order valence-electron chi connectivity index (χ0n) is 13.3. The lowest BCUT2D eigenvalue weighted by Crippen LogP contribution is -1.98. The molecule has 1 N–H and O–H groups in total. The van der Waals surface area contributed by atoms with Crippen LogP contribution in [0.2, 0.25) is 0 Å². The second kappa shape index (κ2) is 5.50. The van der Waals surface area contributed by atoms with Crippen molar-refractivity contribution in [1.82, 2.24) is 0 Å². The van der Waals surface area contributed by atoms with Crippen LogP contribution in [0.5, 0.6) is 5.75 Å². The van der Waals surface area contributed by atoms with Crippen LogP contribution >= 0.6 is 0 Å². The Bertz CT molecular complexity index is 965. The van der Waals surface area contributed by atoms with E-state index in [2.05, 4.69) is 0 Å². The lowest BCUT2D eigenvalue weighted by molar-refractivity contribution is 0.105. The number of carbonyl (C=O) groups is 1. The van der Waals surface area contributed by atoms with Gasteiger partial charge in [-0.1, -0.05) is 72.3 Å². The molecule has 4 rings (SSSR count). The predicted molar refractivity (Wildman–Crippen MR) is 96.0 cm³/mol. The van der Waals surface area contributed by atoms with E-state index in [-0.39, 0.29) is 11.5 Å². The van der Waals surface area contributed by atoms with Gasteiger partial charge in [-0.15, -0.1) is 0 Å². The molecule has 0 heterocycles. The minimum absolute atomic E-state index is 0.0383. The first-order valence-corrected chi connectivity index (χ1v) is 7.90. The molecule has 0 radical (unpaired) electrons. The SMILES string of the molecule is Cc1ccc(C2=C(c3ccccc3)c3c(O)cccc3C2=O)cc1. The molecule has 0 aliphatic heterocycles. The van der Waals surface area contributed by atoms with Crippen LogP contribution in [0.4, 0.5) is 0 Å². The van der Waals surface area contributed by atoms with Gasteiger partial charge in [0.1, 0.15) is 5.75 Å². The summed E-state index contributed by atoms with van der Waals surface area (Å²) in [5.74, 6) is 0.102. The molecule has 3 aromatic carbocycles. The zero-order chi connectivity index (χ0) is 16.7. The van der Waals surface area contributed by atoms with Crippen molar-refractivity contribution in [3.05, 3.63) is 101 Å². The number of rotatable bonds is 2. The van der Waals surface area contributed by atoms with E-state index in [1.54, 1.807) is 18.2 Å². The second-order valence-electron chi connectivity index (χ2n) is 6.01. The van der Waals surface area contributed by atoms with E-state index < -0.39 is 0 Å². The van der Waals surface area contributed by atoms with Crippen molar-refractivity contribution < 1.29 is 9.90 Å². The number of hydrogen-bond donors (Lipinski definition) is 1. The highest BCUT2D eigenvalue weighted by molar-refractivity contribution is 6.41. The van der Waals surface area contributed by atoms with Gasteiger partial charge in [-0.25, -0.2) is 0 Å². The number of phenolic OH excluding ortho intramolecular Hbond substituents is 1. The number of carbonyl (C=O) groups excluding carboxylic acids is 1. The fraction of sp³-hybridized carbons (Fsp3) is 0.0455. The average Bonchev–Trinajstić information content (AvgIpc) is 2.91. The number of phenols is 1. The highest BCUT2D eigenvalue weighted by Crippen LogP contribution is 2.45. The summed E-state index contributed by atoms with van der Waals surface area (Å²) in [6, 6.07) is 22.8. The molecular weight excluding hydrogens is 296 g/mol. The summed E-state index contributed by atoms with van der Waals surface area (Å²) in [5, 5.41) is 10.4. The maximum Gasteiger partial charge on any atom is 0.195 e. The van der Waals surface area contributed by atoms with Crippen LogP contribution in [0.25, 0.3) is 11.1 Å². The molecule has 24 heavy (non-hydrogen) atoms. The average molecular weight is 312 g/mol. The third-order valence-electron chi connectivity index (χ3n) is 4.42. The molecule has 0 unspecified atom stereocenters. The minimum atomic E-state index is -0.0383. The van der Waals surface area contributed by atoms with Crippen molar-refractivity contribution in [2.24, 2.45) is 0 Å². The number of ketones is 1.